The van der Waals surface area contributed by atoms with E-state index in [0.29, 0.717) is 36.0 Å². The van der Waals surface area contributed by atoms with Crippen molar-refractivity contribution in [1.82, 2.24) is 19.7 Å². The van der Waals surface area contributed by atoms with Gasteiger partial charge in [0.05, 0.1) is 12.1 Å². The minimum Gasteiger partial charge on any atom is -0.340 e. The molecule has 0 unspecified atom stereocenters. The van der Waals surface area contributed by atoms with Crippen LogP contribution in [-0.4, -0.2) is 83.2 Å². The van der Waals surface area contributed by atoms with Crippen LogP contribution in [0.2, 0.25) is 0 Å². The number of likely N-dealkylation sites (N-methyl/N-ethyl adjacent to an activating group) is 1. The molecule has 3 rings (SSSR count). The maximum atomic E-state index is 13.2. The molecule has 1 aromatic carbocycles. The molecule has 0 saturated carbocycles. The summed E-state index contributed by atoms with van der Waals surface area (Å²) in [5.74, 6) is -0.955. The topological polar surface area (TPSA) is 85.9 Å². The molecular formula is C24H32FN5O3S. The molecule has 10 heteroatoms. The number of benzene rings is 1. The smallest absolute Gasteiger partial charge is 0.254 e. The van der Waals surface area contributed by atoms with E-state index in [0.717, 1.165) is 19.6 Å². The van der Waals surface area contributed by atoms with Crippen LogP contribution in [0.3, 0.4) is 0 Å². The van der Waals surface area contributed by atoms with E-state index >= 15 is 0 Å². The second-order valence-corrected chi connectivity index (χ2v) is 9.63. The second-order valence-electron chi connectivity index (χ2n) is 8.77. The van der Waals surface area contributed by atoms with E-state index in [1.54, 1.807) is 5.38 Å². The van der Waals surface area contributed by atoms with Crippen LogP contribution in [0.4, 0.5) is 9.52 Å². The van der Waals surface area contributed by atoms with Gasteiger partial charge in [-0.2, -0.15) is 0 Å². The van der Waals surface area contributed by atoms with Gasteiger partial charge in [-0.1, -0.05) is 20.8 Å². The zero-order valence-corrected chi connectivity index (χ0v) is 20.7. The van der Waals surface area contributed by atoms with Crippen LogP contribution in [-0.2, 0) is 16.0 Å². The molecule has 8 nitrogen and oxygen atoms in total. The molecule has 0 radical (unpaired) electrons. The van der Waals surface area contributed by atoms with Crippen LogP contribution in [0.25, 0.3) is 0 Å². The van der Waals surface area contributed by atoms with Crippen LogP contribution in [0.15, 0.2) is 29.6 Å². The van der Waals surface area contributed by atoms with E-state index in [9.17, 15) is 18.8 Å². The Labute approximate surface area is 203 Å². The van der Waals surface area contributed by atoms with Crippen molar-refractivity contribution in [2.24, 2.45) is 5.92 Å². The van der Waals surface area contributed by atoms with E-state index in [1.807, 2.05) is 18.7 Å². The number of hydrogen-bond acceptors (Lipinski definition) is 6. The molecule has 1 N–H and O–H groups in total. The fourth-order valence-corrected chi connectivity index (χ4v) is 4.52. The highest BCUT2D eigenvalue weighted by atomic mass is 32.1. The van der Waals surface area contributed by atoms with Crippen LogP contribution < -0.4 is 5.32 Å². The van der Waals surface area contributed by atoms with Crippen LogP contribution >= 0.6 is 11.3 Å². The number of hydrogen-bond donors (Lipinski definition) is 1. The van der Waals surface area contributed by atoms with Gasteiger partial charge in [-0.15, -0.1) is 11.3 Å². The molecule has 0 atom stereocenters. The molecule has 2 heterocycles. The number of nitrogens with one attached hydrogen (secondary N) is 1. The zero-order valence-electron chi connectivity index (χ0n) is 19.9. The highest BCUT2D eigenvalue weighted by Gasteiger charge is 2.23. The zero-order chi connectivity index (χ0) is 24.7. The Kier molecular flexibility index (Phi) is 9.12. The molecule has 184 valence electrons. The standard InChI is InChI=1S/C24H32FN5O3S/c1-4-28-9-11-29(12-10-28)22(32)13-20-16-34-24(26-20)27-21(31)15-30(14-17(2)3)23(33)18-5-7-19(25)8-6-18/h5-8,16-17H,4,9-15H2,1-3H3,(H,26,27,31). The van der Waals surface area contributed by atoms with E-state index in [1.165, 1.54) is 40.5 Å². The summed E-state index contributed by atoms with van der Waals surface area (Å²) in [6.07, 6.45) is 0.195. The predicted octanol–water partition coefficient (Wildman–Crippen LogP) is 2.73. The van der Waals surface area contributed by atoms with Crippen LogP contribution in [0, 0.1) is 11.7 Å². The fraction of sp³-hybridized carbons (Fsp3) is 0.500. The Bertz CT molecular complexity index is 987. The average Bonchev–Trinajstić information content (AvgIpc) is 3.24. The number of carbonyl (C=O) groups excluding carboxylic acids is 3. The molecule has 1 aliphatic rings. The van der Waals surface area contributed by atoms with Gasteiger partial charge in [0.15, 0.2) is 5.13 Å². The number of nitrogens with zero attached hydrogens (tertiary/aromatic N) is 4. The number of thiazole rings is 1. The lowest BCUT2D eigenvalue weighted by molar-refractivity contribution is -0.132. The van der Waals surface area contributed by atoms with Gasteiger partial charge in [-0.3, -0.25) is 14.4 Å². The fourth-order valence-electron chi connectivity index (χ4n) is 3.79. The molecule has 34 heavy (non-hydrogen) atoms. The third-order valence-electron chi connectivity index (χ3n) is 5.60. The highest BCUT2D eigenvalue weighted by molar-refractivity contribution is 7.13. The van der Waals surface area contributed by atoms with E-state index in [4.69, 9.17) is 0 Å². The number of piperazine rings is 1. The molecule has 2 aromatic rings. The quantitative estimate of drug-likeness (QED) is 0.586. The van der Waals surface area contributed by atoms with Gasteiger partial charge in [0.2, 0.25) is 11.8 Å². The summed E-state index contributed by atoms with van der Waals surface area (Å²) in [5.41, 5.74) is 0.939. The summed E-state index contributed by atoms with van der Waals surface area (Å²) in [4.78, 5) is 48.1. The third kappa shape index (κ3) is 7.33. The number of anilines is 1. The second kappa shape index (κ2) is 12.0. The molecule has 1 fully saturated rings. The van der Waals surface area contributed by atoms with Gasteiger partial charge in [-0.05, 0) is 36.7 Å². The summed E-state index contributed by atoms with van der Waals surface area (Å²) >= 11 is 1.25. The minimum atomic E-state index is -0.425. The van der Waals surface area contributed by atoms with Crippen LogP contribution in [0.5, 0.6) is 0 Å². The van der Waals surface area contributed by atoms with Crippen molar-refractivity contribution in [3.05, 3.63) is 46.7 Å². The largest absolute Gasteiger partial charge is 0.340 e. The Hall–Kier alpha value is -2.85. The molecule has 1 aliphatic heterocycles. The summed E-state index contributed by atoms with van der Waals surface area (Å²) < 4.78 is 13.2. The van der Waals surface area contributed by atoms with E-state index in [2.05, 4.69) is 22.1 Å². The van der Waals surface area contributed by atoms with Gasteiger partial charge < -0.3 is 20.0 Å². The first kappa shape index (κ1) is 25.8. The third-order valence-corrected chi connectivity index (χ3v) is 6.41. The first-order chi connectivity index (χ1) is 16.2. The van der Waals surface area contributed by atoms with E-state index < -0.39 is 5.82 Å². The van der Waals surface area contributed by atoms with Gasteiger partial charge in [0.1, 0.15) is 12.4 Å². The molecular weight excluding hydrogens is 457 g/mol. The van der Waals surface area contributed by atoms with E-state index in [-0.39, 0.29) is 36.6 Å². The predicted molar refractivity (Wildman–Crippen MR) is 130 cm³/mol. The van der Waals surface area contributed by atoms with Crippen molar-refractivity contribution in [3.63, 3.8) is 0 Å². The lowest BCUT2D eigenvalue weighted by Gasteiger charge is -2.34. The van der Waals surface area contributed by atoms with Crippen molar-refractivity contribution >= 4 is 34.2 Å². The number of aromatic nitrogens is 1. The Morgan fingerprint density at radius 3 is 2.44 bits per heavy atom. The van der Waals surface area contributed by atoms with Gasteiger partial charge in [0.25, 0.3) is 5.91 Å². The van der Waals surface area contributed by atoms with Gasteiger partial charge in [0, 0.05) is 43.7 Å². The number of rotatable bonds is 9. The molecule has 0 spiro atoms. The number of amides is 3. The normalized spacial score (nSPS) is 14.3. The monoisotopic (exact) mass is 489 g/mol. The molecule has 1 saturated heterocycles. The summed E-state index contributed by atoms with van der Waals surface area (Å²) in [6, 6.07) is 5.27. The van der Waals surface area contributed by atoms with Gasteiger partial charge >= 0.3 is 0 Å². The number of halogens is 1. The van der Waals surface area contributed by atoms with Crippen molar-refractivity contribution in [1.29, 1.82) is 0 Å². The van der Waals surface area contributed by atoms with Crippen molar-refractivity contribution in [3.8, 4) is 0 Å². The maximum Gasteiger partial charge on any atom is 0.254 e. The van der Waals surface area contributed by atoms with Gasteiger partial charge in [-0.25, -0.2) is 9.37 Å². The first-order valence-corrected chi connectivity index (χ1v) is 12.4. The number of carbonyl (C=O) groups is 3. The first-order valence-electron chi connectivity index (χ1n) is 11.5. The summed E-state index contributed by atoms with van der Waals surface area (Å²) in [5, 5.41) is 4.89. The average molecular weight is 490 g/mol. The lowest BCUT2D eigenvalue weighted by atomic mass is 10.1. The van der Waals surface area contributed by atoms with Crippen molar-refractivity contribution in [2.45, 2.75) is 27.2 Å². The summed E-state index contributed by atoms with van der Waals surface area (Å²) in [7, 11) is 0. The molecule has 0 aliphatic carbocycles. The minimum absolute atomic E-state index is 0.0342. The summed E-state index contributed by atoms with van der Waals surface area (Å²) in [6.45, 7) is 10.4. The Balaban J connectivity index is 1.55. The molecule has 1 aromatic heterocycles. The Morgan fingerprint density at radius 1 is 1.15 bits per heavy atom. The lowest BCUT2D eigenvalue weighted by Crippen LogP contribution is -2.48. The Morgan fingerprint density at radius 2 is 1.82 bits per heavy atom. The van der Waals surface area contributed by atoms with Crippen molar-refractivity contribution in [2.75, 3.05) is 51.1 Å². The molecule has 0 bridgehead atoms. The highest BCUT2D eigenvalue weighted by Crippen LogP contribution is 2.17. The van der Waals surface area contributed by atoms with Crippen molar-refractivity contribution < 1.29 is 18.8 Å². The SMILES string of the molecule is CCN1CCN(C(=O)Cc2csc(NC(=O)CN(CC(C)C)C(=O)c3ccc(F)cc3)n2)CC1. The molecule has 3 amide bonds. The maximum absolute atomic E-state index is 13.2. The van der Waals surface area contributed by atoms with Crippen LogP contribution in [0.1, 0.15) is 36.8 Å².